The van der Waals surface area contributed by atoms with Crippen molar-refractivity contribution in [3.63, 3.8) is 0 Å². The maximum absolute atomic E-state index is 12.7. The largest absolute Gasteiger partial charge is 0.322 e. The van der Waals surface area contributed by atoms with Gasteiger partial charge in [-0.3, -0.25) is 14.6 Å². The van der Waals surface area contributed by atoms with Gasteiger partial charge in [0.2, 0.25) is 0 Å². The van der Waals surface area contributed by atoms with Gasteiger partial charge in [0.15, 0.2) is 0 Å². The summed E-state index contributed by atoms with van der Waals surface area (Å²) in [6.45, 7) is 12.8. The van der Waals surface area contributed by atoms with Crippen molar-refractivity contribution in [1.29, 1.82) is 0 Å². The highest BCUT2D eigenvalue weighted by molar-refractivity contribution is 6.08. The number of carbonyl (C=O) groups is 2. The van der Waals surface area contributed by atoms with Gasteiger partial charge in [-0.25, -0.2) is 0 Å². The Bertz CT molecular complexity index is 1020. The summed E-state index contributed by atoms with van der Waals surface area (Å²) in [6, 6.07) is 17.1. The topological polar surface area (TPSA) is 71.1 Å². The molecule has 0 saturated carbocycles. The van der Waals surface area contributed by atoms with E-state index in [0.29, 0.717) is 22.5 Å². The lowest BCUT2D eigenvalue weighted by Gasteiger charge is -2.19. The Kier molecular flexibility index (Phi) is 6.49. The monoisotopic (exact) mass is 429 g/mol. The molecule has 0 aliphatic rings. The number of hydrogen-bond acceptors (Lipinski definition) is 3. The molecule has 3 rings (SSSR count). The Hall–Kier alpha value is -3.47. The molecule has 0 aliphatic carbocycles. The predicted octanol–water partition coefficient (Wildman–Crippen LogP) is 6.18. The number of nitrogens with zero attached hydrogens (tertiary/aromatic N) is 1. The van der Waals surface area contributed by atoms with Crippen LogP contribution < -0.4 is 10.6 Å². The number of pyridine rings is 1. The van der Waals surface area contributed by atoms with E-state index in [1.54, 1.807) is 6.07 Å². The van der Waals surface area contributed by atoms with Gasteiger partial charge in [-0.1, -0.05) is 65.8 Å². The molecule has 5 nitrogen and oxygen atoms in total. The van der Waals surface area contributed by atoms with E-state index < -0.39 is 0 Å². The Morgan fingerprint density at radius 1 is 0.625 bits per heavy atom. The second kappa shape index (κ2) is 8.95. The molecule has 1 heterocycles. The van der Waals surface area contributed by atoms with Crippen molar-refractivity contribution in [2.45, 2.75) is 52.4 Å². The standard InChI is InChI=1S/C27H31N3O2/c1-26(2,3)20-7-11-22(12-8-20)29-24(31)18-15-19(17-28-16-18)25(32)30-23-13-9-21(10-14-23)27(4,5)6/h7-17H,1-6H3,(H,29,31)(H,30,32). The van der Waals surface area contributed by atoms with Gasteiger partial charge < -0.3 is 10.6 Å². The van der Waals surface area contributed by atoms with E-state index in [9.17, 15) is 9.59 Å². The number of benzene rings is 2. The van der Waals surface area contributed by atoms with E-state index in [1.165, 1.54) is 23.5 Å². The van der Waals surface area contributed by atoms with Gasteiger partial charge in [0.1, 0.15) is 0 Å². The first-order chi connectivity index (χ1) is 14.9. The molecule has 166 valence electrons. The van der Waals surface area contributed by atoms with Crippen LogP contribution in [-0.2, 0) is 10.8 Å². The molecule has 32 heavy (non-hydrogen) atoms. The summed E-state index contributed by atoms with van der Waals surface area (Å²) in [4.78, 5) is 29.4. The Labute approximate surface area is 190 Å². The van der Waals surface area contributed by atoms with Gasteiger partial charge in [0, 0.05) is 23.8 Å². The van der Waals surface area contributed by atoms with Crippen molar-refractivity contribution >= 4 is 23.2 Å². The second-order valence-electron chi connectivity index (χ2n) is 10.0. The van der Waals surface area contributed by atoms with Gasteiger partial charge in [-0.05, 0) is 52.3 Å². The number of rotatable bonds is 4. The SMILES string of the molecule is CC(C)(C)c1ccc(NC(=O)c2cncc(C(=O)Nc3ccc(C(C)(C)C)cc3)c2)cc1. The average molecular weight is 430 g/mol. The Morgan fingerprint density at radius 3 is 1.28 bits per heavy atom. The molecule has 0 spiro atoms. The number of aromatic nitrogens is 1. The van der Waals surface area contributed by atoms with Gasteiger partial charge in [-0.2, -0.15) is 0 Å². The normalized spacial score (nSPS) is 11.7. The van der Waals surface area contributed by atoms with E-state index in [4.69, 9.17) is 0 Å². The average Bonchev–Trinajstić information content (AvgIpc) is 2.73. The fourth-order valence-electron chi connectivity index (χ4n) is 3.20. The summed E-state index contributed by atoms with van der Waals surface area (Å²) in [7, 11) is 0. The van der Waals surface area contributed by atoms with Crippen LogP contribution in [0.25, 0.3) is 0 Å². The van der Waals surface area contributed by atoms with Crippen molar-refractivity contribution < 1.29 is 9.59 Å². The van der Waals surface area contributed by atoms with Crippen molar-refractivity contribution in [2.24, 2.45) is 0 Å². The zero-order valence-corrected chi connectivity index (χ0v) is 19.6. The van der Waals surface area contributed by atoms with Crippen LogP contribution in [0.4, 0.5) is 11.4 Å². The smallest absolute Gasteiger partial charge is 0.257 e. The van der Waals surface area contributed by atoms with E-state index in [0.717, 1.165) is 0 Å². The van der Waals surface area contributed by atoms with E-state index in [2.05, 4.69) is 57.2 Å². The molecule has 0 unspecified atom stereocenters. The first-order valence-corrected chi connectivity index (χ1v) is 10.7. The lowest BCUT2D eigenvalue weighted by atomic mass is 9.87. The molecule has 1 aromatic heterocycles. The van der Waals surface area contributed by atoms with Crippen LogP contribution in [0.5, 0.6) is 0 Å². The van der Waals surface area contributed by atoms with E-state index in [-0.39, 0.29) is 22.6 Å². The molecule has 0 saturated heterocycles. The lowest BCUT2D eigenvalue weighted by Crippen LogP contribution is -2.17. The van der Waals surface area contributed by atoms with Crippen molar-refractivity contribution in [3.8, 4) is 0 Å². The Morgan fingerprint density at radius 2 is 0.969 bits per heavy atom. The zero-order valence-electron chi connectivity index (χ0n) is 19.6. The molecule has 2 N–H and O–H groups in total. The molecule has 3 aromatic rings. The molecule has 0 fully saturated rings. The molecule has 0 aliphatic heterocycles. The van der Waals surface area contributed by atoms with Crippen LogP contribution >= 0.6 is 0 Å². The van der Waals surface area contributed by atoms with E-state index in [1.807, 2.05) is 48.5 Å². The van der Waals surface area contributed by atoms with Crippen molar-refractivity contribution in [2.75, 3.05) is 10.6 Å². The van der Waals surface area contributed by atoms with Crippen molar-refractivity contribution in [3.05, 3.63) is 89.2 Å². The lowest BCUT2D eigenvalue weighted by molar-refractivity contribution is 0.102. The maximum atomic E-state index is 12.7. The molecule has 2 amide bonds. The minimum Gasteiger partial charge on any atom is -0.322 e. The highest BCUT2D eigenvalue weighted by atomic mass is 16.2. The first kappa shape index (κ1) is 23.2. The zero-order chi connectivity index (χ0) is 23.5. The number of amides is 2. The summed E-state index contributed by atoms with van der Waals surface area (Å²) in [5.74, 6) is -0.629. The van der Waals surface area contributed by atoms with Crippen molar-refractivity contribution in [1.82, 2.24) is 4.98 Å². The molecular formula is C27H31N3O2. The summed E-state index contributed by atoms with van der Waals surface area (Å²) < 4.78 is 0. The highest BCUT2D eigenvalue weighted by Gasteiger charge is 2.16. The van der Waals surface area contributed by atoms with Crippen LogP contribution in [0.3, 0.4) is 0 Å². The van der Waals surface area contributed by atoms with Gasteiger partial charge >= 0.3 is 0 Å². The third kappa shape index (κ3) is 5.82. The molecule has 2 aromatic carbocycles. The second-order valence-corrected chi connectivity index (χ2v) is 10.0. The third-order valence-electron chi connectivity index (χ3n) is 5.28. The van der Waals surface area contributed by atoms with Gasteiger partial charge in [0.05, 0.1) is 11.1 Å². The number of anilines is 2. The summed E-state index contributed by atoms with van der Waals surface area (Å²) in [5, 5.41) is 5.72. The van der Waals surface area contributed by atoms with Gasteiger partial charge in [-0.15, -0.1) is 0 Å². The third-order valence-corrected chi connectivity index (χ3v) is 5.28. The summed E-state index contributed by atoms with van der Waals surface area (Å²) in [6.07, 6.45) is 2.90. The highest BCUT2D eigenvalue weighted by Crippen LogP contribution is 2.25. The molecule has 0 atom stereocenters. The summed E-state index contributed by atoms with van der Waals surface area (Å²) >= 11 is 0. The van der Waals surface area contributed by atoms with Crippen LogP contribution in [0.2, 0.25) is 0 Å². The minimum atomic E-state index is -0.315. The Balaban J connectivity index is 1.69. The molecular weight excluding hydrogens is 398 g/mol. The fourth-order valence-corrected chi connectivity index (χ4v) is 3.20. The molecule has 0 bridgehead atoms. The summed E-state index contributed by atoms with van der Waals surface area (Å²) in [5.41, 5.74) is 4.48. The molecule has 5 heteroatoms. The van der Waals surface area contributed by atoms with Crippen LogP contribution in [0, 0.1) is 0 Å². The van der Waals surface area contributed by atoms with Crippen LogP contribution in [-0.4, -0.2) is 16.8 Å². The number of hydrogen-bond donors (Lipinski definition) is 2. The minimum absolute atomic E-state index is 0.0429. The van der Waals surface area contributed by atoms with E-state index >= 15 is 0 Å². The quantitative estimate of drug-likeness (QED) is 0.520. The predicted molar refractivity (Wildman–Crippen MR) is 130 cm³/mol. The number of carbonyl (C=O) groups excluding carboxylic acids is 2. The first-order valence-electron chi connectivity index (χ1n) is 10.7. The van der Waals surface area contributed by atoms with Gasteiger partial charge in [0.25, 0.3) is 11.8 Å². The maximum Gasteiger partial charge on any atom is 0.257 e. The number of nitrogens with one attached hydrogen (secondary N) is 2. The fraction of sp³-hybridized carbons (Fsp3) is 0.296. The van der Waals surface area contributed by atoms with Crippen LogP contribution in [0.15, 0.2) is 67.0 Å². The van der Waals surface area contributed by atoms with Crippen LogP contribution in [0.1, 0.15) is 73.4 Å². The molecule has 0 radical (unpaired) electrons.